The van der Waals surface area contributed by atoms with Gasteiger partial charge in [0.25, 0.3) is 5.91 Å². The lowest BCUT2D eigenvalue weighted by Gasteiger charge is -2.27. The number of aliphatic hydroxyl groups is 1. The van der Waals surface area contributed by atoms with Crippen LogP contribution in [0.2, 0.25) is 0 Å². The van der Waals surface area contributed by atoms with E-state index in [2.05, 4.69) is 4.98 Å². The molecular formula is C17H21FN2O2S. The lowest BCUT2D eigenvalue weighted by Crippen LogP contribution is -2.41. The molecule has 124 valence electrons. The van der Waals surface area contributed by atoms with Crippen molar-refractivity contribution in [2.75, 3.05) is 13.1 Å². The van der Waals surface area contributed by atoms with Crippen molar-refractivity contribution in [3.8, 4) is 0 Å². The zero-order valence-electron chi connectivity index (χ0n) is 13.5. The Bertz CT molecular complexity index is 662. The number of likely N-dealkylation sites (N-methyl/N-ethyl adjacent to an activating group) is 1. The fourth-order valence-corrected chi connectivity index (χ4v) is 3.14. The van der Waals surface area contributed by atoms with Gasteiger partial charge in [0.2, 0.25) is 0 Å². The third-order valence-electron chi connectivity index (χ3n) is 3.28. The number of halogens is 1. The van der Waals surface area contributed by atoms with Crippen LogP contribution in [0.4, 0.5) is 4.39 Å². The third kappa shape index (κ3) is 5.11. The Morgan fingerprint density at radius 2 is 2.00 bits per heavy atom. The van der Waals surface area contributed by atoms with Crippen LogP contribution in [0.15, 0.2) is 30.5 Å². The predicted octanol–water partition coefficient (Wildman–Crippen LogP) is 3.11. The summed E-state index contributed by atoms with van der Waals surface area (Å²) in [7, 11) is 0. The van der Waals surface area contributed by atoms with E-state index in [1.54, 1.807) is 37.1 Å². The number of aromatic nitrogens is 1. The summed E-state index contributed by atoms with van der Waals surface area (Å²) in [6.07, 6.45) is 2.13. The van der Waals surface area contributed by atoms with Crippen LogP contribution in [-0.4, -0.2) is 39.6 Å². The molecule has 0 aliphatic heterocycles. The zero-order chi connectivity index (χ0) is 17.0. The number of carbonyl (C=O) groups is 1. The number of nitrogens with zero attached hydrogens (tertiary/aromatic N) is 2. The summed E-state index contributed by atoms with van der Waals surface area (Å²) in [5.41, 5.74) is 0.0106. The van der Waals surface area contributed by atoms with Crippen molar-refractivity contribution in [3.63, 3.8) is 0 Å². The Hall–Kier alpha value is -1.79. The SMILES string of the molecule is CCN(CC(C)(C)O)C(=O)c1cnc(Cc2ccc(F)cc2)s1. The highest BCUT2D eigenvalue weighted by Crippen LogP contribution is 2.19. The number of carbonyl (C=O) groups excluding carboxylic acids is 1. The van der Waals surface area contributed by atoms with Gasteiger partial charge in [-0.2, -0.15) is 0 Å². The molecule has 2 aromatic rings. The van der Waals surface area contributed by atoms with E-state index >= 15 is 0 Å². The molecule has 0 fully saturated rings. The Morgan fingerprint density at radius 1 is 1.35 bits per heavy atom. The maximum absolute atomic E-state index is 12.9. The average molecular weight is 336 g/mol. The molecule has 0 bridgehead atoms. The first-order chi connectivity index (χ1) is 10.8. The fraction of sp³-hybridized carbons (Fsp3) is 0.412. The molecule has 0 saturated carbocycles. The van der Waals surface area contributed by atoms with E-state index in [1.165, 1.54) is 23.5 Å². The van der Waals surface area contributed by atoms with Crippen molar-refractivity contribution >= 4 is 17.2 Å². The first-order valence-corrected chi connectivity index (χ1v) is 8.31. The molecule has 1 heterocycles. The van der Waals surface area contributed by atoms with Gasteiger partial charge >= 0.3 is 0 Å². The molecule has 1 aromatic carbocycles. The second-order valence-electron chi connectivity index (χ2n) is 6.05. The van der Waals surface area contributed by atoms with Crippen LogP contribution in [0, 0.1) is 5.82 Å². The molecule has 1 aromatic heterocycles. The smallest absolute Gasteiger partial charge is 0.265 e. The largest absolute Gasteiger partial charge is 0.389 e. The van der Waals surface area contributed by atoms with Gasteiger partial charge in [-0.1, -0.05) is 12.1 Å². The highest BCUT2D eigenvalue weighted by Gasteiger charge is 2.23. The summed E-state index contributed by atoms with van der Waals surface area (Å²) in [6, 6.07) is 6.25. The van der Waals surface area contributed by atoms with Crippen LogP contribution in [0.5, 0.6) is 0 Å². The normalized spacial score (nSPS) is 11.5. The molecule has 1 N–H and O–H groups in total. The molecule has 0 saturated heterocycles. The molecule has 0 atom stereocenters. The molecule has 2 rings (SSSR count). The van der Waals surface area contributed by atoms with Gasteiger partial charge in [-0.3, -0.25) is 4.79 Å². The standard InChI is InChI=1S/C17H21FN2O2S/c1-4-20(11-17(2,3)22)16(21)14-10-19-15(23-14)9-12-5-7-13(18)8-6-12/h5-8,10,22H,4,9,11H2,1-3H3. The number of thiazole rings is 1. The topological polar surface area (TPSA) is 53.4 Å². The Kier molecular flexibility index (Phi) is 5.49. The van der Waals surface area contributed by atoms with Gasteiger partial charge in [0.1, 0.15) is 10.7 Å². The van der Waals surface area contributed by atoms with Gasteiger partial charge in [0.05, 0.1) is 16.8 Å². The quantitative estimate of drug-likeness (QED) is 0.882. The maximum atomic E-state index is 12.9. The van der Waals surface area contributed by atoms with Gasteiger partial charge in [-0.15, -0.1) is 11.3 Å². The van der Waals surface area contributed by atoms with Crippen molar-refractivity contribution in [1.29, 1.82) is 0 Å². The van der Waals surface area contributed by atoms with Crippen LogP contribution >= 0.6 is 11.3 Å². The van der Waals surface area contributed by atoms with Crippen LogP contribution in [0.25, 0.3) is 0 Å². The van der Waals surface area contributed by atoms with Gasteiger partial charge in [0.15, 0.2) is 0 Å². The number of benzene rings is 1. The number of hydrogen-bond donors (Lipinski definition) is 1. The predicted molar refractivity (Wildman–Crippen MR) is 89.2 cm³/mol. The second kappa shape index (κ2) is 7.19. The lowest BCUT2D eigenvalue weighted by atomic mass is 10.1. The zero-order valence-corrected chi connectivity index (χ0v) is 14.4. The van der Waals surface area contributed by atoms with Crippen molar-refractivity contribution in [2.45, 2.75) is 32.8 Å². The summed E-state index contributed by atoms with van der Waals surface area (Å²) >= 11 is 1.33. The maximum Gasteiger partial charge on any atom is 0.265 e. The Morgan fingerprint density at radius 3 is 2.57 bits per heavy atom. The minimum absolute atomic E-state index is 0.127. The van der Waals surface area contributed by atoms with E-state index in [4.69, 9.17) is 0 Å². The van der Waals surface area contributed by atoms with Gasteiger partial charge in [-0.05, 0) is 38.5 Å². The third-order valence-corrected chi connectivity index (χ3v) is 4.27. The first-order valence-electron chi connectivity index (χ1n) is 7.49. The van der Waals surface area contributed by atoms with Gasteiger partial charge in [0, 0.05) is 19.5 Å². The highest BCUT2D eigenvalue weighted by atomic mass is 32.1. The van der Waals surface area contributed by atoms with Crippen LogP contribution < -0.4 is 0 Å². The highest BCUT2D eigenvalue weighted by molar-refractivity contribution is 7.13. The molecule has 0 radical (unpaired) electrons. The van der Waals surface area contributed by atoms with Crippen molar-refractivity contribution in [2.24, 2.45) is 0 Å². The van der Waals surface area contributed by atoms with E-state index in [0.29, 0.717) is 17.8 Å². The molecule has 0 spiro atoms. The minimum Gasteiger partial charge on any atom is -0.389 e. The molecule has 0 aliphatic rings. The van der Waals surface area contributed by atoms with E-state index in [-0.39, 0.29) is 18.3 Å². The van der Waals surface area contributed by atoms with Crippen LogP contribution in [0.1, 0.15) is 41.0 Å². The van der Waals surface area contributed by atoms with Gasteiger partial charge < -0.3 is 10.0 Å². The van der Waals surface area contributed by atoms with Crippen LogP contribution in [-0.2, 0) is 6.42 Å². The van der Waals surface area contributed by atoms with Crippen molar-refractivity contribution in [1.82, 2.24) is 9.88 Å². The molecule has 6 heteroatoms. The molecule has 4 nitrogen and oxygen atoms in total. The van der Waals surface area contributed by atoms with E-state index in [0.717, 1.165) is 10.6 Å². The van der Waals surface area contributed by atoms with Crippen molar-refractivity contribution < 1.29 is 14.3 Å². The molecule has 0 unspecified atom stereocenters. The lowest BCUT2D eigenvalue weighted by molar-refractivity contribution is 0.0317. The van der Waals surface area contributed by atoms with Crippen LogP contribution in [0.3, 0.4) is 0 Å². The summed E-state index contributed by atoms with van der Waals surface area (Å²) < 4.78 is 12.9. The molecule has 1 amide bonds. The summed E-state index contributed by atoms with van der Waals surface area (Å²) in [5, 5.41) is 10.7. The molecule has 0 aliphatic carbocycles. The summed E-state index contributed by atoms with van der Waals surface area (Å²) in [5.74, 6) is -0.397. The first kappa shape index (κ1) is 17.6. The number of hydrogen-bond acceptors (Lipinski definition) is 4. The molecule has 23 heavy (non-hydrogen) atoms. The summed E-state index contributed by atoms with van der Waals surface area (Å²) in [6.45, 7) is 6.02. The fourth-order valence-electron chi connectivity index (χ4n) is 2.22. The number of amides is 1. The van der Waals surface area contributed by atoms with E-state index in [1.807, 2.05) is 6.92 Å². The van der Waals surface area contributed by atoms with Gasteiger partial charge in [-0.25, -0.2) is 9.37 Å². The minimum atomic E-state index is -0.937. The Labute approximate surface area is 139 Å². The Balaban J connectivity index is 2.08. The second-order valence-corrected chi connectivity index (χ2v) is 7.17. The average Bonchev–Trinajstić information content (AvgIpc) is 2.94. The van der Waals surface area contributed by atoms with E-state index < -0.39 is 5.60 Å². The summed E-state index contributed by atoms with van der Waals surface area (Å²) in [4.78, 5) is 18.9. The van der Waals surface area contributed by atoms with E-state index in [9.17, 15) is 14.3 Å². The van der Waals surface area contributed by atoms with Crippen molar-refractivity contribution in [3.05, 3.63) is 51.7 Å². The monoisotopic (exact) mass is 336 g/mol. The number of rotatable bonds is 6. The molecular weight excluding hydrogens is 315 g/mol.